The van der Waals surface area contributed by atoms with Gasteiger partial charge in [0.1, 0.15) is 5.82 Å². The summed E-state index contributed by atoms with van der Waals surface area (Å²) < 4.78 is 13.9. The third kappa shape index (κ3) is 3.37. The van der Waals surface area contributed by atoms with Crippen LogP contribution in [0.5, 0.6) is 0 Å². The van der Waals surface area contributed by atoms with Crippen LogP contribution < -0.4 is 10.6 Å². The fourth-order valence-electron chi connectivity index (χ4n) is 3.49. The molecule has 3 aromatic rings. The number of pyridine rings is 1. The standard InChI is InChI=1S/C21H19FN4/c22-18-8-14(12-23)7-16(10-18)17-9-15-1-4-25-13-20(15)21(11-17)26-19-2-5-24-6-3-19/h1,4,7-11,13,19,24,26H,2-3,5-6H2. The van der Waals surface area contributed by atoms with E-state index in [4.69, 9.17) is 5.26 Å². The van der Waals surface area contributed by atoms with Gasteiger partial charge in [0.2, 0.25) is 0 Å². The molecule has 1 aromatic heterocycles. The van der Waals surface area contributed by atoms with Gasteiger partial charge in [0.05, 0.1) is 11.6 Å². The highest BCUT2D eigenvalue weighted by atomic mass is 19.1. The highest BCUT2D eigenvalue weighted by Gasteiger charge is 2.15. The number of nitrogens with one attached hydrogen (secondary N) is 2. The third-order valence-electron chi connectivity index (χ3n) is 4.81. The van der Waals surface area contributed by atoms with Gasteiger partial charge in [0, 0.05) is 29.5 Å². The van der Waals surface area contributed by atoms with Crippen molar-refractivity contribution in [3.63, 3.8) is 0 Å². The maximum atomic E-state index is 13.9. The summed E-state index contributed by atoms with van der Waals surface area (Å²) in [5.74, 6) is -0.401. The van der Waals surface area contributed by atoms with Gasteiger partial charge in [-0.15, -0.1) is 0 Å². The summed E-state index contributed by atoms with van der Waals surface area (Å²) in [6.07, 6.45) is 5.73. The molecule has 4 nitrogen and oxygen atoms in total. The Hall–Kier alpha value is -2.97. The van der Waals surface area contributed by atoms with Gasteiger partial charge in [-0.05, 0) is 78.8 Å². The molecule has 1 saturated heterocycles. The molecule has 2 aromatic carbocycles. The number of hydrogen-bond acceptors (Lipinski definition) is 4. The van der Waals surface area contributed by atoms with Crippen molar-refractivity contribution in [1.82, 2.24) is 10.3 Å². The van der Waals surface area contributed by atoms with E-state index in [1.807, 2.05) is 30.5 Å². The van der Waals surface area contributed by atoms with Crippen molar-refractivity contribution in [3.05, 3.63) is 60.2 Å². The van der Waals surface area contributed by atoms with Crippen LogP contribution >= 0.6 is 0 Å². The van der Waals surface area contributed by atoms with Gasteiger partial charge in [-0.1, -0.05) is 0 Å². The molecule has 26 heavy (non-hydrogen) atoms. The van der Waals surface area contributed by atoms with Crippen molar-refractivity contribution in [2.45, 2.75) is 18.9 Å². The topological polar surface area (TPSA) is 60.7 Å². The maximum absolute atomic E-state index is 13.9. The first-order valence-electron chi connectivity index (χ1n) is 8.79. The van der Waals surface area contributed by atoms with E-state index in [9.17, 15) is 4.39 Å². The monoisotopic (exact) mass is 346 g/mol. The molecule has 0 saturated carbocycles. The molecule has 0 atom stereocenters. The predicted octanol–water partition coefficient (Wildman–Crippen LogP) is 4.08. The minimum Gasteiger partial charge on any atom is -0.382 e. The Morgan fingerprint density at radius 1 is 1.12 bits per heavy atom. The highest BCUT2D eigenvalue weighted by Crippen LogP contribution is 2.32. The van der Waals surface area contributed by atoms with Crippen LogP contribution in [-0.4, -0.2) is 24.1 Å². The average molecular weight is 346 g/mol. The summed E-state index contributed by atoms with van der Waals surface area (Å²) in [4.78, 5) is 4.26. The Morgan fingerprint density at radius 2 is 1.92 bits per heavy atom. The summed E-state index contributed by atoms with van der Waals surface area (Å²) >= 11 is 0. The van der Waals surface area contributed by atoms with Crippen LogP contribution in [0.1, 0.15) is 18.4 Å². The second-order valence-corrected chi connectivity index (χ2v) is 6.63. The van der Waals surface area contributed by atoms with Gasteiger partial charge in [-0.25, -0.2) is 4.39 Å². The van der Waals surface area contributed by atoms with Crippen LogP contribution in [0.2, 0.25) is 0 Å². The number of hydrogen-bond donors (Lipinski definition) is 2. The Morgan fingerprint density at radius 3 is 2.73 bits per heavy atom. The molecule has 1 aliphatic heterocycles. The summed E-state index contributed by atoms with van der Waals surface area (Å²) in [5.41, 5.74) is 2.91. The normalized spacial score (nSPS) is 14.9. The molecular weight excluding hydrogens is 327 g/mol. The zero-order valence-corrected chi connectivity index (χ0v) is 14.3. The van der Waals surface area contributed by atoms with E-state index in [-0.39, 0.29) is 0 Å². The van der Waals surface area contributed by atoms with E-state index < -0.39 is 5.82 Å². The van der Waals surface area contributed by atoms with Crippen molar-refractivity contribution < 1.29 is 4.39 Å². The van der Waals surface area contributed by atoms with Crippen LogP contribution in [0.25, 0.3) is 21.9 Å². The predicted molar refractivity (Wildman–Crippen MR) is 101 cm³/mol. The molecule has 0 bridgehead atoms. The van der Waals surface area contributed by atoms with Crippen molar-refractivity contribution in [2.75, 3.05) is 18.4 Å². The molecule has 0 amide bonds. The maximum Gasteiger partial charge on any atom is 0.125 e. The molecule has 0 radical (unpaired) electrons. The van der Waals surface area contributed by atoms with E-state index in [1.54, 1.807) is 12.3 Å². The molecule has 0 aliphatic carbocycles. The first-order chi connectivity index (χ1) is 12.7. The third-order valence-corrected chi connectivity index (χ3v) is 4.81. The highest BCUT2D eigenvalue weighted by molar-refractivity contribution is 5.97. The van der Waals surface area contributed by atoms with Crippen LogP contribution in [-0.2, 0) is 0 Å². The van der Waals surface area contributed by atoms with Crippen LogP contribution in [0.15, 0.2) is 48.8 Å². The Bertz CT molecular complexity index is 987. The fraction of sp³-hybridized carbons (Fsp3) is 0.238. The average Bonchev–Trinajstić information content (AvgIpc) is 2.68. The summed E-state index contributed by atoms with van der Waals surface area (Å²) in [5, 5.41) is 18.2. The lowest BCUT2D eigenvalue weighted by Gasteiger charge is -2.25. The van der Waals surface area contributed by atoms with Gasteiger partial charge in [-0.3, -0.25) is 4.98 Å². The molecule has 0 spiro atoms. The lowest BCUT2D eigenvalue weighted by molar-refractivity contribution is 0.479. The molecule has 5 heteroatoms. The molecule has 4 rings (SSSR count). The van der Waals surface area contributed by atoms with Crippen molar-refractivity contribution in [3.8, 4) is 17.2 Å². The van der Waals surface area contributed by atoms with E-state index in [0.717, 1.165) is 48.0 Å². The molecule has 2 heterocycles. The number of aromatic nitrogens is 1. The Kier molecular flexibility index (Phi) is 4.51. The van der Waals surface area contributed by atoms with E-state index >= 15 is 0 Å². The lowest BCUT2D eigenvalue weighted by Crippen LogP contribution is -2.35. The van der Waals surface area contributed by atoms with Crippen molar-refractivity contribution >= 4 is 16.5 Å². The van der Waals surface area contributed by atoms with Gasteiger partial charge >= 0.3 is 0 Å². The number of fused-ring (bicyclic) bond motifs is 1. The lowest BCUT2D eigenvalue weighted by atomic mass is 9.98. The number of halogens is 1. The summed E-state index contributed by atoms with van der Waals surface area (Å²) in [6, 6.07) is 12.9. The smallest absolute Gasteiger partial charge is 0.125 e. The SMILES string of the molecule is N#Cc1cc(F)cc(-c2cc(NC3CCNCC3)c3cnccc3c2)c1. The number of nitriles is 1. The zero-order chi connectivity index (χ0) is 17.9. The van der Waals surface area contributed by atoms with Gasteiger partial charge in [0.15, 0.2) is 0 Å². The van der Waals surface area contributed by atoms with Crippen LogP contribution in [0, 0.1) is 17.1 Å². The molecule has 1 fully saturated rings. The number of rotatable bonds is 3. The number of benzene rings is 2. The van der Waals surface area contributed by atoms with Crippen LogP contribution in [0.4, 0.5) is 10.1 Å². The van der Waals surface area contributed by atoms with E-state index in [2.05, 4.69) is 15.6 Å². The summed E-state index contributed by atoms with van der Waals surface area (Å²) in [7, 11) is 0. The molecule has 130 valence electrons. The largest absolute Gasteiger partial charge is 0.382 e. The van der Waals surface area contributed by atoms with Crippen molar-refractivity contribution in [2.24, 2.45) is 0 Å². The zero-order valence-electron chi connectivity index (χ0n) is 14.3. The molecule has 1 aliphatic rings. The van der Waals surface area contributed by atoms with E-state index in [0.29, 0.717) is 17.2 Å². The Labute approximate surface area is 151 Å². The van der Waals surface area contributed by atoms with Gasteiger partial charge in [0.25, 0.3) is 0 Å². The van der Waals surface area contributed by atoms with Gasteiger partial charge in [-0.2, -0.15) is 5.26 Å². The minimum atomic E-state index is -0.401. The Balaban J connectivity index is 1.81. The first-order valence-corrected chi connectivity index (χ1v) is 8.79. The minimum absolute atomic E-state index is 0.322. The van der Waals surface area contributed by atoms with Gasteiger partial charge < -0.3 is 10.6 Å². The van der Waals surface area contributed by atoms with Crippen LogP contribution in [0.3, 0.4) is 0 Å². The molecular formula is C21H19FN4. The quantitative estimate of drug-likeness (QED) is 0.750. The number of nitrogens with zero attached hydrogens (tertiary/aromatic N) is 2. The number of piperidine rings is 1. The summed E-state index contributed by atoms with van der Waals surface area (Å²) in [6.45, 7) is 2.01. The van der Waals surface area contributed by atoms with E-state index in [1.165, 1.54) is 12.1 Å². The molecule has 2 N–H and O–H groups in total. The molecule has 0 unspecified atom stereocenters. The number of anilines is 1. The second-order valence-electron chi connectivity index (χ2n) is 6.63. The second kappa shape index (κ2) is 7.11. The first kappa shape index (κ1) is 16.5. The van der Waals surface area contributed by atoms with Crippen molar-refractivity contribution in [1.29, 1.82) is 5.26 Å². The fourth-order valence-corrected chi connectivity index (χ4v) is 3.49.